The first-order valence-electron chi connectivity index (χ1n) is 7.17. The van der Waals surface area contributed by atoms with Gasteiger partial charge in [0.25, 0.3) is 0 Å². The second-order valence-electron chi connectivity index (χ2n) is 5.38. The van der Waals surface area contributed by atoms with Crippen LogP contribution in [0.25, 0.3) is 0 Å². The zero-order chi connectivity index (χ0) is 12.7. The van der Waals surface area contributed by atoms with Crippen molar-refractivity contribution in [2.75, 3.05) is 19.6 Å². The van der Waals surface area contributed by atoms with Crippen LogP contribution in [0, 0.1) is 5.92 Å². The Labute approximate surface area is 106 Å². The van der Waals surface area contributed by atoms with Crippen LogP contribution in [0.2, 0.25) is 0 Å². The van der Waals surface area contributed by atoms with Crippen LogP contribution in [0.3, 0.4) is 0 Å². The molecule has 0 radical (unpaired) electrons. The Kier molecular flexibility index (Phi) is 6.56. The zero-order valence-corrected chi connectivity index (χ0v) is 11.7. The maximum atomic E-state index is 12.2. The summed E-state index contributed by atoms with van der Waals surface area (Å²) in [4.78, 5) is 14.3. The first-order valence-corrected chi connectivity index (χ1v) is 7.17. The summed E-state index contributed by atoms with van der Waals surface area (Å²) in [5.41, 5.74) is 0. The van der Waals surface area contributed by atoms with Crippen molar-refractivity contribution in [3.8, 4) is 0 Å². The lowest BCUT2D eigenvalue weighted by Crippen LogP contribution is -2.46. The fourth-order valence-corrected chi connectivity index (χ4v) is 2.17. The molecule has 2 unspecified atom stereocenters. The predicted octanol–water partition coefficient (Wildman–Crippen LogP) is 2.41. The van der Waals surface area contributed by atoms with E-state index in [9.17, 15) is 4.79 Å². The van der Waals surface area contributed by atoms with E-state index in [1.54, 1.807) is 0 Å². The first-order chi connectivity index (χ1) is 8.15. The van der Waals surface area contributed by atoms with Gasteiger partial charge in [-0.05, 0) is 32.2 Å². The van der Waals surface area contributed by atoms with Crippen molar-refractivity contribution in [3.05, 3.63) is 0 Å². The molecular weight excluding hydrogens is 212 g/mol. The minimum atomic E-state index is -0.0258. The van der Waals surface area contributed by atoms with E-state index in [2.05, 4.69) is 19.2 Å². The van der Waals surface area contributed by atoms with Gasteiger partial charge < -0.3 is 10.2 Å². The van der Waals surface area contributed by atoms with Gasteiger partial charge >= 0.3 is 0 Å². The summed E-state index contributed by atoms with van der Waals surface area (Å²) in [6, 6.07) is -0.0258. The summed E-state index contributed by atoms with van der Waals surface area (Å²) in [5.74, 6) is 0.935. The third-order valence-electron chi connectivity index (χ3n) is 3.76. The molecule has 1 amide bonds. The van der Waals surface area contributed by atoms with Crippen LogP contribution < -0.4 is 5.32 Å². The summed E-state index contributed by atoms with van der Waals surface area (Å²) < 4.78 is 0. The molecule has 0 aromatic rings. The van der Waals surface area contributed by atoms with Crippen LogP contribution in [0.15, 0.2) is 0 Å². The number of carbonyl (C=O) groups excluding carboxylic acids is 1. The van der Waals surface area contributed by atoms with Crippen molar-refractivity contribution in [3.63, 3.8) is 0 Å². The highest BCUT2D eigenvalue weighted by molar-refractivity contribution is 5.81. The Balaban J connectivity index is 2.33. The molecule has 1 N–H and O–H groups in total. The van der Waals surface area contributed by atoms with Crippen LogP contribution in [0.4, 0.5) is 0 Å². The second-order valence-corrected chi connectivity index (χ2v) is 5.38. The Bertz CT molecular complexity index is 222. The molecule has 1 aliphatic heterocycles. The minimum Gasteiger partial charge on any atom is -0.341 e. The maximum Gasteiger partial charge on any atom is 0.239 e. The Morgan fingerprint density at radius 3 is 2.29 bits per heavy atom. The van der Waals surface area contributed by atoms with Crippen molar-refractivity contribution in [2.45, 2.75) is 58.9 Å². The molecule has 0 aliphatic carbocycles. The third kappa shape index (κ3) is 5.07. The average molecular weight is 240 g/mol. The van der Waals surface area contributed by atoms with Crippen LogP contribution in [-0.2, 0) is 4.79 Å². The van der Waals surface area contributed by atoms with E-state index in [0.29, 0.717) is 5.92 Å². The first kappa shape index (κ1) is 14.5. The van der Waals surface area contributed by atoms with Gasteiger partial charge in [-0.25, -0.2) is 0 Å². The van der Waals surface area contributed by atoms with Crippen LogP contribution in [-0.4, -0.2) is 36.5 Å². The minimum absolute atomic E-state index is 0.0258. The van der Waals surface area contributed by atoms with Crippen LogP contribution >= 0.6 is 0 Å². The lowest BCUT2D eigenvalue weighted by atomic mass is 10.1. The number of nitrogens with one attached hydrogen (secondary N) is 1. The van der Waals surface area contributed by atoms with E-state index in [4.69, 9.17) is 0 Å². The molecule has 1 heterocycles. The quantitative estimate of drug-likeness (QED) is 0.800. The molecule has 0 bridgehead atoms. The standard InChI is InChI=1S/C14H28N2O/c1-4-12(2)11-15-13(3)14(17)16-9-7-5-6-8-10-16/h12-13,15H,4-11H2,1-3H3. The summed E-state index contributed by atoms with van der Waals surface area (Å²) in [7, 11) is 0. The van der Waals surface area contributed by atoms with Gasteiger partial charge in [0.1, 0.15) is 0 Å². The van der Waals surface area contributed by atoms with Gasteiger partial charge in [-0.3, -0.25) is 4.79 Å². The fraction of sp³-hybridized carbons (Fsp3) is 0.929. The highest BCUT2D eigenvalue weighted by Gasteiger charge is 2.21. The number of hydrogen-bond donors (Lipinski definition) is 1. The molecule has 0 aromatic carbocycles. The summed E-state index contributed by atoms with van der Waals surface area (Å²) >= 11 is 0. The van der Waals surface area contributed by atoms with Crippen LogP contribution in [0.1, 0.15) is 52.9 Å². The van der Waals surface area contributed by atoms with E-state index in [-0.39, 0.29) is 11.9 Å². The molecule has 1 fully saturated rings. The normalized spacial score (nSPS) is 20.8. The molecule has 1 aliphatic rings. The lowest BCUT2D eigenvalue weighted by Gasteiger charge is -2.25. The van der Waals surface area contributed by atoms with Crippen molar-refractivity contribution in [2.24, 2.45) is 5.92 Å². The van der Waals surface area contributed by atoms with Crippen LogP contribution in [0.5, 0.6) is 0 Å². The summed E-state index contributed by atoms with van der Waals surface area (Å²) in [6.45, 7) is 9.25. The van der Waals surface area contributed by atoms with E-state index in [1.165, 1.54) is 25.7 Å². The smallest absolute Gasteiger partial charge is 0.239 e. The molecule has 1 saturated heterocycles. The number of amides is 1. The summed E-state index contributed by atoms with van der Waals surface area (Å²) in [6.07, 6.45) is 6.06. The van der Waals surface area contributed by atoms with Crippen molar-refractivity contribution >= 4 is 5.91 Å². The monoisotopic (exact) mass is 240 g/mol. The lowest BCUT2D eigenvalue weighted by molar-refractivity contribution is -0.133. The van der Waals surface area contributed by atoms with Gasteiger partial charge in [0, 0.05) is 13.1 Å². The Morgan fingerprint density at radius 2 is 1.76 bits per heavy atom. The molecule has 0 spiro atoms. The molecule has 3 heteroatoms. The summed E-state index contributed by atoms with van der Waals surface area (Å²) in [5, 5.41) is 3.36. The Hall–Kier alpha value is -0.570. The number of rotatable bonds is 5. The molecule has 0 saturated carbocycles. The topological polar surface area (TPSA) is 32.3 Å². The number of hydrogen-bond acceptors (Lipinski definition) is 2. The molecule has 0 aromatic heterocycles. The van der Waals surface area contributed by atoms with E-state index in [1.807, 2.05) is 11.8 Å². The highest BCUT2D eigenvalue weighted by Crippen LogP contribution is 2.11. The van der Waals surface area contributed by atoms with Crippen molar-refractivity contribution in [1.82, 2.24) is 10.2 Å². The number of carbonyl (C=O) groups is 1. The predicted molar refractivity (Wildman–Crippen MR) is 72.0 cm³/mol. The van der Waals surface area contributed by atoms with Gasteiger partial charge in [0.2, 0.25) is 5.91 Å². The molecule has 3 nitrogen and oxygen atoms in total. The van der Waals surface area contributed by atoms with E-state index < -0.39 is 0 Å². The number of nitrogens with zero attached hydrogens (tertiary/aromatic N) is 1. The van der Waals surface area contributed by atoms with Gasteiger partial charge in [0.15, 0.2) is 0 Å². The van der Waals surface area contributed by atoms with Crippen molar-refractivity contribution < 1.29 is 4.79 Å². The van der Waals surface area contributed by atoms with Gasteiger partial charge in [-0.15, -0.1) is 0 Å². The SMILES string of the molecule is CCC(C)CNC(C)C(=O)N1CCCCCC1. The van der Waals surface area contributed by atoms with Gasteiger partial charge in [-0.2, -0.15) is 0 Å². The zero-order valence-electron chi connectivity index (χ0n) is 11.7. The molecular formula is C14H28N2O. The molecule has 100 valence electrons. The largest absolute Gasteiger partial charge is 0.341 e. The maximum absolute atomic E-state index is 12.2. The van der Waals surface area contributed by atoms with E-state index >= 15 is 0 Å². The molecule has 17 heavy (non-hydrogen) atoms. The molecule has 2 atom stereocenters. The van der Waals surface area contributed by atoms with E-state index in [0.717, 1.165) is 26.1 Å². The van der Waals surface area contributed by atoms with Crippen molar-refractivity contribution in [1.29, 1.82) is 0 Å². The molecule has 1 rings (SSSR count). The average Bonchev–Trinajstić information content (AvgIpc) is 2.63. The third-order valence-corrected chi connectivity index (χ3v) is 3.76. The fourth-order valence-electron chi connectivity index (χ4n) is 2.17. The van der Waals surface area contributed by atoms with Gasteiger partial charge in [0.05, 0.1) is 6.04 Å². The Morgan fingerprint density at radius 1 is 1.18 bits per heavy atom. The second kappa shape index (κ2) is 7.70. The van der Waals surface area contributed by atoms with Gasteiger partial charge in [-0.1, -0.05) is 33.1 Å². The highest BCUT2D eigenvalue weighted by atomic mass is 16.2. The number of likely N-dealkylation sites (tertiary alicyclic amines) is 1.